The number of pyridine rings is 1. The van der Waals surface area contributed by atoms with Crippen LogP contribution < -0.4 is 5.32 Å². The summed E-state index contributed by atoms with van der Waals surface area (Å²) in [5.41, 5.74) is 0.00612. The van der Waals surface area contributed by atoms with Crippen LogP contribution in [0.15, 0.2) is 36.5 Å². The number of rotatable bonds is 2. The van der Waals surface area contributed by atoms with Gasteiger partial charge in [-0.25, -0.2) is 9.37 Å². The highest BCUT2D eigenvalue weighted by Crippen LogP contribution is 2.18. The van der Waals surface area contributed by atoms with Gasteiger partial charge in [-0.05, 0) is 24.3 Å². The Bertz CT molecular complexity index is 665. The lowest BCUT2D eigenvalue weighted by Crippen LogP contribution is -2.14. The lowest BCUT2D eigenvalue weighted by Gasteiger charge is -2.06. The second kappa shape index (κ2) is 5.46. The van der Waals surface area contributed by atoms with Crippen LogP contribution in [0.1, 0.15) is 16.1 Å². The van der Waals surface area contributed by atoms with Crippen LogP contribution in [0.2, 0.25) is 5.02 Å². The summed E-state index contributed by atoms with van der Waals surface area (Å²) in [6.45, 7) is 0. The standard InChI is InChI=1S/C13H7ClFN3O/c14-8-4-5-12(17-7-8)13(19)18-11-3-1-2-10(15)9(11)6-16/h1-5,7H,(H,18,19). The van der Waals surface area contributed by atoms with Crippen molar-refractivity contribution >= 4 is 23.2 Å². The lowest BCUT2D eigenvalue weighted by molar-refractivity contribution is 0.102. The predicted molar refractivity (Wildman–Crippen MR) is 68.3 cm³/mol. The molecule has 6 heteroatoms. The smallest absolute Gasteiger partial charge is 0.274 e. The Hall–Kier alpha value is -2.45. The molecule has 2 rings (SSSR count). The number of aromatic nitrogens is 1. The predicted octanol–water partition coefficient (Wildman–Crippen LogP) is 3.00. The molecule has 19 heavy (non-hydrogen) atoms. The monoisotopic (exact) mass is 275 g/mol. The molecule has 0 bridgehead atoms. The molecular formula is C13H7ClFN3O. The minimum atomic E-state index is -0.690. The summed E-state index contributed by atoms with van der Waals surface area (Å²) in [7, 11) is 0. The van der Waals surface area contributed by atoms with Crippen LogP contribution in [-0.2, 0) is 0 Å². The average molecular weight is 276 g/mol. The first kappa shape index (κ1) is 13.0. The van der Waals surface area contributed by atoms with Crippen molar-refractivity contribution in [3.8, 4) is 6.07 Å². The van der Waals surface area contributed by atoms with Crippen LogP contribution in [0, 0.1) is 17.1 Å². The molecule has 1 aromatic carbocycles. The fraction of sp³-hybridized carbons (Fsp3) is 0. The molecule has 0 aliphatic carbocycles. The summed E-state index contributed by atoms with van der Waals surface area (Å²) in [4.78, 5) is 15.7. The summed E-state index contributed by atoms with van der Waals surface area (Å²) >= 11 is 5.66. The number of nitrogens with zero attached hydrogens (tertiary/aromatic N) is 2. The van der Waals surface area contributed by atoms with Crippen molar-refractivity contribution in [3.05, 3.63) is 58.6 Å². The molecule has 1 amide bonds. The van der Waals surface area contributed by atoms with Crippen molar-refractivity contribution in [2.45, 2.75) is 0 Å². The van der Waals surface area contributed by atoms with E-state index in [9.17, 15) is 9.18 Å². The van der Waals surface area contributed by atoms with Crippen LogP contribution in [0.5, 0.6) is 0 Å². The van der Waals surface area contributed by atoms with Gasteiger partial charge in [-0.1, -0.05) is 17.7 Å². The van der Waals surface area contributed by atoms with Crippen LogP contribution in [0.4, 0.5) is 10.1 Å². The molecule has 0 radical (unpaired) electrons. The molecule has 1 heterocycles. The van der Waals surface area contributed by atoms with E-state index in [4.69, 9.17) is 16.9 Å². The van der Waals surface area contributed by atoms with Gasteiger partial charge in [0, 0.05) is 6.20 Å². The van der Waals surface area contributed by atoms with E-state index < -0.39 is 11.7 Å². The first-order valence-electron chi connectivity index (χ1n) is 5.23. The minimum Gasteiger partial charge on any atom is -0.319 e. The molecule has 0 saturated heterocycles. The Morgan fingerprint density at radius 2 is 2.16 bits per heavy atom. The van der Waals surface area contributed by atoms with Gasteiger partial charge in [0.15, 0.2) is 0 Å². The summed E-state index contributed by atoms with van der Waals surface area (Å²) in [6, 6.07) is 8.64. The molecule has 0 aliphatic rings. The SMILES string of the molecule is N#Cc1c(F)cccc1NC(=O)c1ccc(Cl)cn1. The van der Waals surface area contributed by atoms with Crippen molar-refractivity contribution < 1.29 is 9.18 Å². The number of halogens is 2. The second-order valence-corrected chi connectivity index (χ2v) is 4.03. The summed E-state index contributed by atoms with van der Waals surface area (Å²) in [6.07, 6.45) is 1.33. The summed E-state index contributed by atoms with van der Waals surface area (Å²) in [5, 5.41) is 11.7. The molecule has 1 N–H and O–H groups in total. The maximum Gasteiger partial charge on any atom is 0.274 e. The molecule has 1 aromatic heterocycles. The number of nitrogens with one attached hydrogen (secondary N) is 1. The lowest BCUT2D eigenvalue weighted by atomic mass is 10.2. The quantitative estimate of drug-likeness (QED) is 0.916. The normalized spacial score (nSPS) is 9.74. The number of benzene rings is 1. The molecule has 4 nitrogen and oxygen atoms in total. The van der Waals surface area contributed by atoms with Gasteiger partial charge in [-0.3, -0.25) is 4.79 Å². The molecule has 2 aromatic rings. The summed E-state index contributed by atoms with van der Waals surface area (Å²) in [5.74, 6) is -1.23. The molecule has 0 fully saturated rings. The second-order valence-electron chi connectivity index (χ2n) is 3.59. The molecule has 0 saturated carbocycles. The zero-order valence-electron chi connectivity index (χ0n) is 9.52. The van der Waals surface area contributed by atoms with E-state index >= 15 is 0 Å². The van der Waals surface area contributed by atoms with Crippen LogP contribution >= 0.6 is 11.6 Å². The van der Waals surface area contributed by atoms with E-state index in [0.717, 1.165) is 6.07 Å². The molecule has 0 spiro atoms. The molecule has 0 atom stereocenters. The minimum absolute atomic E-state index is 0.101. The highest BCUT2D eigenvalue weighted by Gasteiger charge is 2.12. The van der Waals surface area contributed by atoms with Gasteiger partial charge in [0.25, 0.3) is 5.91 Å². The van der Waals surface area contributed by atoms with Gasteiger partial charge in [0.05, 0.1) is 10.7 Å². The average Bonchev–Trinajstić information content (AvgIpc) is 2.39. The number of amides is 1. The topological polar surface area (TPSA) is 65.8 Å². The maximum atomic E-state index is 13.3. The van der Waals surface area contributed by atoms with Gasteiger partial charge >= 0.3 is 0 Å². The third kappa shape index (κ3) is 2.87. The van der Waals surface area contributed by atoms with Gasteiger partial charge in [-0.2, -0.15) is 5.26 Å². The van der Waals surface area contributed by atoms with E-state index in [2.05, 4.69) is 10.3 Å². The number of carbonyl (C=O) groups excluding carboxylic acids is 1. The third-order valence-corrected chi connectivity index (χ3v) is 2.56. The number of nitriles is 1. The Labute approximate surface area is 113 Å². The molecular weight excluding hydrogens is 269 g/mol. The van der Waals surface area contributed by atoms with E-state index in [-0.39, 0.29) is 16.9 Å². The van der Waals surface area contributed by atoms with E-state index in [0.29, 0.717) is 5.02 Å². The first-order chi connectivity index (χ1) is 9.11. The van der Waals surface area contributed by atoms with Gasteiger partial charge in [0.1, 0.15) is 23.1 Å². The number of anilines is 1. The summed E-state index contributed by atoms with van der Waals surface area (Å²) < 4.78 is 13.3. The van der Waals surface area contributed by atoms with Crippen molar-refractivity contribution in [1.82, 2.24) is 4.98 Å². The maximum absolute atomic E-state index is 13.3. The Kier molecular flexibility index (Phi) is 3.74. The Balaban J connectivity index is 2.27. The van der Waals surface area contributed by atoms with Crippen LogP contribution in [-0.4, -0.2) is 10.9 Å². The van der Waals surface area contributed by atoms with E-state index in [1.807, 2.05) is 0 Å². The zero-order valence-corrected chi connectivity index (χ0v) is 10.3. The first-order valence-corrected chi connectivity index (χ1v) is 5.61. The van der Waals surface area contributed by atoms with Gasteiger partial charge < -0.3 is 5.32 Å². The van der Waals surface area contributed by atoms with Gasteiger partial charge in [-0.15, -0.1) is 0 Å². The largest absolute Gasteiger partial charge is 0.319 e. The number of hydrogen-bond acceptors (Lipinski definition) is 3. The Morgan fingerprint density at radius 3 is 2.79 bits per heavy atom. The zero-order chi connectivity index (χ0) is 13.8. The van der Waals surface area contributed by atoms with Crippen LogP contribution in [0.25, 0.3) is 0 Å². The van der Waals surface area contributed by atoms with Crippen molar-refractivity contribution in [2.24, 2.45) is 0 Å². The fourth-order valence-corrected chi connectivity index (χ4v) is 1.55. The van der Waals surface area contributed by atoms with E-state index in [1.54, 1.807) is 6.07 Å². The van der Waals surface area contributed by atoms with Crippen molar-refractivity contribution in [1.29, 1.82) is 5.26 Å². The molecule has 0 unspecified atom stereocenters. The van der Waals surface area contributed by atoms with Crippen molar-refractivity contribution in [3.63, 3.8) is 0 Å². The highest BCUT2D eigenvalue weighted by atomic mass is 35.5. The third-order valence-electron chi connectivity index (χ3n) is 2.33. The number of hydrogen-bond donors (Lipinski definition) is 1. The van der Waals surface area contributed by atoms with Crippen LogP contribution in [0.3, 0.4) is 0 Å². The van der Waals surface area contributed by atoms with Gasteiger partial charge in [0.2, 0.25) is 0 Å². The van der Waals surface area contributed by atoms with Crippen molar-refractivity contribution in [2.75, 3.05) is 5.32 Å². The molecule has 0 aliphatic heterocycles. The Morgan fingerprint density at radius 1 is 1.37 bits per heavy atom. The fourth-order valence-electron chi connectivity index (χ4n) is 1.44. The van der Waals surface area contributed by atoms with E-state index in [1.165, 1.54) is 30.5 Å². The molecule has 94 valence electrons. The number of carbonyl (C=O) groups is 1. The highest BCUT2D eigenvalue weighted by molar-refractivity contribution is 6.30.